The largest absolute Gasteiger partial charge is 0.370 e. The number of hydrogen-bond acceptors (Lipinski definition) is 3. The van der Waals surface area contributed by atoms with Gasteiger partial charge in [0.15, 0.2) is 0 Å². The molecule has 1 aromatic heterocycles. The summed E-state index contributed by atoms with van der Waals surface area (Å²) in [5, 5.41) is 7.29. The molecule has 0 bridgehead atoms. The highest BCUT2D eigenvalue weighted by atomic mass is 16.5. The first kappa shape index (κ1) is 16.5. The summed E-state index contributed by atoms with van der Waals surface area (Å²) in [4.78, 5) is 12.3. The average Bonchev–Trinajstić information content (AvgIpc) is 3.13. The number of carbonyl (C=O) groups is 1. The first-order valence-corrected chi connectivity index (χ1v) is 8.89. The van der Waals surface area contributed by atoms with Crippen molar-refractivity contribution in [3.63, 3.8) is 0 Å². The normalized spacial score (nSPS) is 24.0. The monoisotopic (exact) mass is 319 g/mol. The molecule has 5 heteroatoms. The maximum Gasteiger partial charge on any atom is 0.254 e. The van der Waals surface area contributed by atoms with Crippen LogP contribution in [-0.4, -0.2) is 33.9 Å². The standard InChI is InChI=1S/C18H29N3O2/c1-17(2,3)21-13-14(11-20-21)16(22)19-12-15-7-10-18(23-15)8-5-4-6-9-18/h11,13,15H,4-10,12H2,1-3H3,(H,19,22). The van der Waals surface area contributed by atoms with Gasteiger partial charge < -0.3 is 10.1 Å². The van der Waals surface area contributed by atoms with Crippen molar-refractivity contribution in [2.45, 2.75) is 83.0 Å². The van der Waals surface area contributed by atoms with E-state index in [0.717, 1.165) is 12.8 Å². The molecule has 23 heavy (non-hydrogen) atoms. The highest BCUT2D eigenvalue weighted by Gasteiger charge is 2.40. The summed E-state index contributed by atoms with van der Waals surface area (Å²) < 4.78 is 8.12. The minimum Gasteiger partial charge on any atom is -0.370 e. The van der Waals surface area contributed by atoms with Crippen molar-refractivity contribution in [1.29, 1.82) is 0 Å². The predicted octanol–water partition coefficient (Wildman–Crippen LogP) is 3.25. The van der Waals surface area contributed by atoms with E-state index < -0.39 is 0 Å². The molecule has 1 aliphatic heterocycles. The number of carbonyl (C=O) groups excluding carboxylic acids is 1. The fourth-order valence-corrected chi connectivity index (χ4v) is 3.72. The van der Waals surface area contributed by atoms with Crippen LogP contribution in [0.3, 0.4) is 0 Å². The van der Waals surface area contributed by atoms with Crippen molar-refractivity contribution in [2.75, 3.05) is 6.54 Å². The lowest BCUT2D eigenvalue weighted by Crippen LogP contribution is -2.36. The second-order valence-electron chi connectivity index (χ2n) is 8.08. The van der Waals surface area contributed by atoms with Crippen LogP contribution in [0.4, 0.5) is 0 Å². The zero-order chi connectivity index (χ0) is 16.5. The van der Waals surface area contributed by atoms with E-state index in [1.807, 2.05) is 10.9 Å². The molecule has 1 saturated carbocycles. The fraction of sp³-hybridized carbons (Fsp3) is 0.778. The van der Waals surface area contributed by atoms with Crippen molar-refractivity contribution < 1.29 is 9.53 Å². The van der Waals surface area contributed by atoms with Crippen molar-refractivity contribution in [1.82, 2.24) is 15.1 Å². The van der Waals surface area contributed by atoms with E-state index >= 15 is 0 Å². The minimum atomic E-state index is -0.111. The van der Waals surface area contributed by atoms with Gasteiger partial charge in [-0.1, -0.05) is 19.3 Å². The van der Waals surface area contributed by atoms with Gasteiger partial charge in [0.05, 0.1) is 29.0 Å². The van der Waals surface area contributed by atoms with Gasteiger partial charge in [0, 0.05) is 12.7 Å². The molecule has 2 aliphatic rings. The minimum absolute atomic E-state index is 0.0614. The topological polar surface area (TPSA) is 56.2 Å². The van der Waals surface area contributed by atoms with Crippen LogP contribution >= 0.6 is 0 Å². The van der Waals surface area contributed by atoms with Gasteiger partial charge in [0.1, 0.15) is 0 Å². The molecule has 128 valence electrons. The number of nitrogens with one attached hydrogen (secondary N) is 1. The molecule has 0 aromatic carbocycles. The third-order valence-corrected chi connectivity index (χ3v) is 5.13. The molecule has 1 spiro atoms. The number of hydrogen-bond donors (Lipinski definition) is 1. The fourth-order valence-electron chi connectivity index (χ4n) is 3.72. The van der Waals surface area contributed by atoms with Crippen LogP contribution in [0.15, 0.2) is 12.4 Å². The Hall–Kier alpha value is -1.36. The molecule has 5 nitrogen and oxygen atoms in total. The summed E-state index contributed by atoms with van der Waals surface area (Å²) in [6.45, 7) is 6.80. The molecular formula is C18H29N3O2. The third-order valence-electron chi connectivity index (χ3n) is 5.13. The van der Waals surface area contributed by atoms with Gasteiger partial charge in [-0.25, -0.2) is 0 Å². The molecule has 1 unspecified atom stereocenters. The van der Waals surface area contributed by atoms with Gasteiger partial charge >= 0.3 is 0 Å². The molecule has 1 amide bonds. The summed E-state index contributed by atoms with van der Waals surface area (Å²) in [6.07, 6.45) is 12.1. The zero-order valence-electron chi connectivity index (χ0n) is 14.6. The first-order valence-electron chi connectivity index (χ1n) is 8.89. The lowest BCUT2D eigenvalue weighted by molar-refractivity contribution is -0.0618. The molecule has 2 fully saturated rings. The molecule has 1 aromatic rings. The maximum absolute atomic E-state index is 12.3. The summed E-state index contributed by atoms with van der Waals surface area (Å²) >= 11 is 0. The Morgan fingerprint density at radius 3 is 2.74 bits per heavy atom. The van der Waals surface area contributed by atoms with Gasteiger partial charge in [-0.3, -0.25) is 9.48 Å². The van der Waals surface area contributed by atoms with Crippen LogP contribution < -0.4 is 5.32 Å². The Morgan fingerprint density at radius 1 is 1.35 bits per heavy atom. The number of nitrogens with zero attached hydrogens (tertiary/aromatic N) is 2. The van der Waals surface area contributed by atoms with Crippen LogP contribution in [0.2, 0.25) is 0 Å². The van der Waals surface area contributed by atoms with Crippen molar-refractivity contribution >= 4 is 5.91 Å². The van der Waals surface area contributed by atoms with Gasteiger partial charge in [0.25, 0.3) is 5.91 Å². The van der Waals surface area contributed by atoms with E-state index in [1.54, 1.807) is 6.20 Å². The van der Waals surface area contributed by atoms with Crippen molar-refractivity contribution in [2.24, 2.45) is 0 Å². The van der Waals surface area contributed by atoms with Crippen LogP contribution in [0.1, 0.15) is 76.1 Å². The highest BCUT2D eigenvalue weighted by molar-refractivity contribution is 5.93. The summed E-state index contributed by atoms with van der Waals surface area (Å²) in [7, 11) is 0. The van der Waals surface area contributed by atoms with Crippen LogP contribution in [0, 0.1) is 0 Å². The van der Waals surface area contributed by atoms with Crippen molar-refractivity contribution in [3.05, 3.63) is 18.0 Å². The van der Waals surface area contributed by atoms with Gasteiger partial charge in [-0.2, -0.15) is 5.10 Å². The number of aromatic nitrogens is 2. The first-order chi connectivity index (χ1) is 10.9. The Balaban J connectivity index is 1.51. The molecule has 1 aliphatic carbocycles. The smallest absolute Gasteiger partial charge is 0.254 e. The lowest BCUT2D eigenvalue weighted by Gasteiger charge is -2.33. The van der Waals surface area contributed by atoms with Gasteiger partial charge in [-0.05, 0) is 46.5 Å². The van der Waals surface area contributed by atoms with Crippen molar-refractivity contribution in [3.8, 4) is 0 Å². The third kappa shape index (κ3) is 3.77. The summed E-state index contributed by atoms with van der Waals surface area (Å²) in [6, 6.07) is 0. The summed E-state index contributed by atoms with van der Waals surface area (Å²) in [5.74, 6) is -0.0614. The Morgan fingerprint density at radius 2 is 2.09 bits per heavy atom. The van der Waals surface area contributed by atoms with Crippen LogP contribution in [0.25, 0.3) is 0 Å². The molecule has 1 saturated heterocycles. The second kappa shape index (κ2) is 6.27. The number of rotatable bonds is 3. The SMILES string of the molecule is CC(C)(C)n1cc(C(=O)NCC2CCC3(CCCCC3)O2)cn1. The molecule has 1 atom stereocenters. The van der Waals surface area contributed by atoms with E-state index in [0.29, 0.717) is 12.1 Å². The summed E-state index contributed by atoms with van der Waals surface area (Å²) in [5.41, 5.74) is 0.621. The maximum atomic E-state index is 12.3. The quantitative estimate of drug-likeness (QED) is 0.930. The van der Waals surface area contributed by atoms with E-state index in [1.165, 1.54) is 32.1 Å². The second-order valence-corrected chi connectivity index (χ2v) is 8.08. The van der Waals surface area contributed by atoms with Crippen LogP contribution in [-0.2, 0) is 10.3 Å². The molecule has 3 rings (SSSR count). The van der Waals surface area contributed by atoms with Gasteiger partial charge in [-0.15, -0.1) is 0 Å². The Bertz CT molecular complexity index is 553. The van der Waals surface area contributed by atoms with E-state index in [2.05, 4.69) is 31.2 Å². The van der Waals surface area contributed by atoms with E-state index in [9.17, 15) is 4.79 Å². The molecule has 2 heterocycles. The highest BCUT2D eigenvalue weighted by Crippen LogP contribution is 2.41. The Kier molecular flexibility index (Phi) is 4.50. The average molecular weight is 319 g/mol. The lowest BCUT2D eigenvalue weighted by atomic mass is 9.83. The molecule has 0 radical (unpaired) electrons. The van der Waals surface area contributed by atoms with Crippen LogP contribution in [0.5, 0.6) is 0 Å². The van der Waals surface area contributed by atoms with Gasteiger partial charge in [0.2, 0.25) is 0 Å². The van der Waals surface area contributed by atoms with E-state index in [-0.39, 0.29) is 23.2 Å². The Labute approximate surface area is 138 Å². The van der Waals surface area contributed by atoms with E-state index in [4.69, 9.17) is 4.74 Å². The molecule has 1 N–H and O–H groups in total. The zero-order valence-corrected chi connectivity index (χ0v) is 14.6. The molecular weight excluding hydrogens is 290 g/mol. The predicted molar refractivity (Wildman–Crippen MR) is 89.5 cm³/mol. The number of amides is 1. The number of ether oxygens (including phenoxy) is 1.